The quantitative estimate of drug-likeness (QED) is 0.579. The van der Waals surface area contributed by atoms with Crippen molar-refractivity contribution in [2.45, 2.75) is 26.8 Å². The lowest BCUT2D eigenvalue weighted by molar-refractivity contribution is 0.532. The van der Waals surface area contributed by atoms with Gasteiger partial charge in [-0.2, -0.15) is 5.10 Å². The second-order valence-corrected chi connectivity index (χ2v) is 7.51. The van der Waals surface area contributed by atoms with E-state index in [0.29, 0.717) is 29.6 Å². The van der Waals surface area contributed by atoms with Gasteiger partial charge in [0.2, 0.25) is 0 Å². The van der Waals surface area contributed by atoms with Gasteiger partial charge in [0.05, 0.1) is 28.7 Å². The Morgan fingerprint density at radius 2 is 2.19 bits per heavy atom. The molecule has 2 aromatic heterocycles. The molecule has 1 aliphatic rings. The second kappa shape index (κ2) is 8.26. The smallest absolute Gasteiger partial charge is 0.169 e. The zero-order chi connectivity index (χ0) is 19.4. The number of nitrogens with one attached hydrogen (secondary N) is 3. The lowest BCUT2D eigenvalue weighted by Crippen LogP contribution is -2.08. The van der Waals surface area contributed by atoms with E-state index in [1.807, 2.05) is 30.1 Å². The number of nitrogens with zero attached hydrogens (tertiary/aromatic N) is 4. The van der Waals surface area contributed by atoms with Crippen LogP contribution in [-0.2, 0) is 0 Å². The van der Waals surface area contributed by atoms with Crippen LogP contribution in [0.25, 0.3) is 11.3 Å². The number of anilines is 2. The summed E-state index contributed by atoms with van der Waals surface area (Å²) in [5.74, 6) is 0.874. The molecule has 5 N–H and O–H groups in total. The first-order valence-electron chi connectivity index (χ1n) is 8.79. The first-order valence-corrected chi connectivity index (χ1v) is 9.61. The second-order valence-electron chi connectivity index (χ2n) is 6.34. The van der Waals surface area contributed by atoms with E-state index in [0.717, 1.165) is 21.9 Å². The molecule has 0 atom stereocenters. The molecule has 3 heterocycles. The molecule has 2 aromatic rings. The topological polar surface area (TPSA) is 118 Å². The lowest BCUT2D eigenvalue weighted by Gasteiger charge is -2.09. The molecule has 0 fully saturated rings. The van der Waals surface area contributed by atoms with Gasteiger partial charge in [0.25, 0.3) is 0 Å². The Morgan fingerprint density at radius 3 is 2.89 bits per heavy atom. The maximum atomic E-state index is 8.03. The minimum Gasteiger partial charge on any atom is -0.390 e. The molecule has 0 unspecified atom stereocenters. The minimum absolute atomic E-state index is 0.282. The summed E-state index contributed by atoms with van der Waals surface area (Å²) in [4.78, 5) is 10.8. The van der Waals surface area contributed by atoms with Gasteiger partial charge < -0.3 is 16.4 Å². The average Bonchev–Trinajstić information content (AvgIpc) is 3.26. The number of nitrogen functional groups attached to an aromatic ring is 1. The van der Waals surface area contributed by atoms with Crippen LogP contribution in [0.5, 0.6) is 0 Å². The number of hydrogen-bond donors (Lipinski definition) is 4. The number of hydrogen-bond acceptors (Lipinski definition) is 8. The highest BCUT2D eigenvalue weighted by molar-refractivity contribution is 8.08. The van der Waals surface area contributed by atoms with Crippen LogP contribution < -0.4 is 16.4 Å². The molecule has 27 heavy (non-hydrogen) atoms. The highest BCUT2D eigenvalue weighted by Gasteiger charge is 2.17. The predicted molar refractivity (Wildman–Crippen MR) is 112 cm³/mol. The summed E-state index contributed by atoms with van der Waals surface area (Å²) in [6.07, 6.45) is 9.10. The summed E-state index contributed by atoms with van der Waals surface area (Å²) >= 11 is 1.56. The van der Waals surface area contributed by atoms with Crippen LogP contribution in [-0.4, -0.2) is 38.5 Å². The fourth-order valence-corrected chi connectivity index (χ4v) is 3.35. The molecule has 8 nitrogen and oxygen atoms in total. The summed E-state index contributed by atoms with van der Waals surface area (Å²) in [5.41, 5.74) is 8.10. The molecule has 0 aromatic carbocycles. The molecule has 0 radical (unpaired) electrons. The Labute approximate surface area is 162 Å². The van der Waals surface area contributed by atoms with Gasteiger partial charge in [-0.15, -0.1) is 0 Å². The van der Waals surface area contributed by atoms with Gasteiger partial charge >= 0.3 is 0 Å². The minimum atomic E-state index is 0.282. The van der Waals surface area contributed by atoms with Crippen molar-refractivity contribution >= 4 is 29.1 Å². The van der Waals surface area contributed by atoms with Gasteiger partial charge in [-0.3, -0.25) is 10.1 Å². The van der Waals surface area contributed by atoms with Crippen LogP contribution in [0.3, 0.4) is 0 Å². The Kier molecular flexibility index (Phi) is 5.80. The lowest BCUT2D eigenvalue weighted by atomic mass is 10.2. The monoisotopic (exact) mass is 384 g/mol. The maximum absolute atomic E-state index is 8.03. The number of allylic oxidation sites excluding steroid dienone is 2. The van der Waals surface area contributed by atoms with Crippen LogP contribution in [0, 0.1) is 5.41 Å². The van der Waals surface area contributed by atoms with E-state index in [4.69, 9.17) is 11.1 Å². The van der Waals surface area contributed by atoms with Crippen molar-refractivity contribution in [2.24, 2.45) is 0 Å². The maximum Gasteiger partial charge on any atom is 0.169 e. The van der Waals surface area contributed by atoms with E-state index in [1.165, 1.54) is 0 Å². The summed E-state index contributed by atoms with van der Waals surface area (Å²) in [6, 6.07) is 0.282. The van der Waals surface area contributed by atoms with E-state index in [2.05, 4.69) is 39.5 Å². The van der Waals surface area contributed by atoms with Gasteiger partial charge in [-0.05, 0) is 26.8 Å². The fourth-order valence-electron chi connectivity index (χ4n) is 2.44. The third-order valence-corrected chi connectivity index (χ3v) is 4.99. The zero-order valence-electron chi connectivity index (χ0n) is 15.7. The van der Waals surface area contributed by atoms with Gasteiger partial charge in [-0.1, -0.05) is 11.8 Å². The highest BCUT2D eigenvalue weighted by atomic mass is 32.2. The normalized spacial score (nSPS) is 15.5. The molecule has 0 saturated heterocycles. The van der Waals surface area contributed by atoms with Crippen molar-refractivity contribution in [3.05, 3.63) is 40.7 Å². The van der Waals surface area contributed by atoms with Crippen molar-refractivity contribution < 1.29 is 0 Å². The Bertz CT molecular complexity index is 897. The van der Waals surface area contributed by atoms with Crippen molar-refractivity contribution in [3.63, 3.8) is 0 Å². The third-order valence-electron chi connectivity index (χ3n) is 3.91. The van der Waals surface area contributed by atoms with Gasteiger partial charge in [0.15, 0.2) is 11.6 Å². The predicted octanol–water partition coefficient (Wildman–Crippen LogP) is 3.02. The van der Waals surface area contributed by atoms with E-state index >= 15 is 0 Å². The summed E-state index contributed by atoms with van der Waals surface area (Å²) in [6.45, 7) is 7.53. The van der Waals surface area contributed by atoms with E-state index in [1.54, 1.807) is 24.2 Å². The molecule has 142 valence electrons. The van der Waals surface area contributed by atoms with Crippen LogP contribution in [0.2, 0.25) is 0 Å². The largest absolute Gasteiger partial charge is 0.390 e. The number of nitrogens with two attached hydrogens (primary N) is 1. The van der Waals surface area contributed by atoms with Crippen molar-refractivity contribution in [3.8, 4) is 11.3 Å². The van der Waals surface area contributed by atoms with Crippen molar-refractivity contribution in [1.29, 1.82) is 5.41 Å². The molecule has 0 aliphatic carbocycles. The molecule has 0 bridgehead atoms. The molecule has 0 spiro atoms. The average molecular weight is 385 g/mol. The summed E-state index contributed by atoms with van der Waals surface area (Å²) in [5, 5.41) is 18.7. The van der Waals surface area contributed by atoms with Crippen LogP contribution >= 0.6 is 11.8 Å². The Morgan fingerprint density at radius 1 is 1.37 bits per heavy atom. The SMILES string of the molecule is CCN/C=C1/SC(CNc2nc(-c3cnn(C(C)C)c3)cnc2N)=CC1=N. The number of rotatable bonds is 7. The first-order chi connectivity index (χ1) is 13.0. The van der Waals surface area contributed by atoms with Crippen LogP contribution in [0.4, 0.5) is 11.6 Å². The van der Waals surface area contributed by atoms with Crippen LogP contribution in [0.15, 0.2) is 40.7 Å². The van der Waals surface area contributed by atoms with E-state index in [9.17, 15) is 0 Å². The molecule has 0 saturated carbocycles. The standard InChI is InChI=1S/C18H24N8S/c1-4-21-9-16-14(19)5-13(27-16)7-23-18-17(20)22-8-15(25-18)12-6-24-26(10-12)11(2)3/h5-6,8-11,19,21H,4,7H2,1-3H3,(H2,20,22)(H,23,25)/b16-9+,19-14?. The molecule has 1 aliphatic heterocycles. The molecule has 3 rings (SSSR count). The molecule has 9 heteroatoms. The third kappa shape index (κ3) is 4.48. The highest BCUT2D eigenvalue weighted by Crippen LogP contribution is 2.33. The van der Waals surface area contributed by atoms with Crippen molar-refractivity contribution in [2.75, 3.05) is 24.1 Å². The molecular weight excluding hydrogens is 360 g/mol. The van der Waals surface area contributed by atoms with E-state index in [-0.39, 0.29) is 6.04 Å². The summed E-state index contributed by atoms with van der Waals surface area (Å²) in [7, 11) is 0. The van der Waals surface area contributed by atoms with Gasteiger partial charge in [-0.25, -0.2) is 9.97 Å². The molecular formula is C18H24N8S. The number of aromatic nitrogens is 4. The first kappa shape index (κ1) is 19.0. The Balaban J connectivity index is 1.70. The summed E-state index contributed by atoms with van der Waals surface area (Å²) < 4.78 is 1.88. The number of thioether (sulfide) groups is 1. The van der Waals surface area contributed by atoms with Gasteiger partial charge in [0.1, 0.15) is 0 Å². The van der Waals surface area contributed by atoms with Crippen LogP contribution in [0.1, 0.15) is 26.8 Å². The van der Waals surface area contributed by atoms with Crippen molar-refractivity contribution in [1.82, 2.24) is 25.1 Å². The fraction of sp³-hybridized carbons (Fsp3) is 0.333. The van der Waals surface area contributed by atoms with Gasteiger partial charge in [0, 0.05) is 42.0 Å². The Hall–Kier alpha value is -2.81. The molecule has 0 amide bonds. The zero-order valence-corrected chi connectivity index (χ0v) is 16.5. The van der Waals surface area contributed by atoms with E-state index < -0.39 is 0 Å².